The summed E-state index contributed by atoms with van der Waals surface area (Å²) < 4.78 is 5.12. The van der Waals surface area contributed by atoms with Crippen LogP contribution in [0.3, 0.4) is 0 Å². The predicted octanol–water partition coefficient (Wildman–Crippen LogP) is 0.619. The third kappa shape index (κ3) is 1.24. The van der Waals surface area contributed by atoms with Crippen molar-refractivity contribution in [2.45, 2.75) is 24.5 Å². The molecule has 0 bridgehead atoms. The topological polar surface area (TPSA) is 36.3 Å². The van der Waals surface area contributed by atoms with Gasteiger partial charge in [0.25, 0.3) is 0 Å². The summed E-state index contributed by atoms with van der Waals surface area (Å²) in [4.78, 5) is 1.97. The van der Waals surface area contributed by atoms with E-state index < -0.39 is 0 Å². The SMILES string of the molecule is COC1CC(C#N)(N(C)C)C1. The van der Waals surface area contributed by atoms with Crippen molar-refractivity contribution in [2.24, 2.45) is 0 Å². The van der Waals surface area contributed by atoms with Crippen LogP contribution in [0.25, 0.3) is 0 Å². The number of rotatable bonds is 2. The molecule has 0 radical (unpaired) electrons. The van der Waals surface area contributed by atoms with E-state index in [1.165, 1.54) is 0 Å². The molecule has 0 saturated heterocycles. The molecule has 1 saturated carbocycles. The minimum Gasteiger partial charge on any atom is -0.381 e. The third-order valence-electron chi connectivity index (χ3n) is 2.53. The Bertz CT molecular complexity index is 177. The average Bonchev–Trinajstić information content (AvgIpc) is 1.86. The van der Waals surface area contributed by atoms with Crippen molar-refractivity contribution in [1.82, 2.24) is 4.90 Å². The molecular weight excluding hydrogens is 140 g/mol. The Kier molecular flexibility index (Phi) is 2.17. The van der Waals surface area contributed by atoms with Crippen LogP contribution in [-0.4, -0.2) is 37.7 Å². The summed E-state index contributed by atoms with van der Waals surface area (Å²) in [6.07, 6.45) is 1.97. The largest absolute Gasteiger partial charge is 0.381 e. The van der Waals surface area contributed by atoms with E-state index in [1.54, 1.807) is 7.11 Å². The van der Waals surface area contributed by atoms with Crippen molar-refractivity contribution >= 4 is 0 Å². The van der Waals surface area contributed by atoms with Gasteiger partial charge in [-0.2, -0.15) is 5.26 Å². The van der Waals surface area contributed by atoms with Gasteiger partial charge in [0, 0.05) is 20.0 Å². The van der Waals surface area contributed by atoms with Gasteiger partial charge in [0.05, 0.1) is 12.2 Å². The molecule has 1 fully saturated rings. The molecule has 0 amide bonds. The fourth-order valence-corrected chi connectivity index (χ4v) is 1.42. The van der Waals surface area contributed by atoms with E-state index >= 15 is 0 Å². The fraction of sp³-hybridized carbons (Fsp3) is 0.875. The molecule has 1 aliphatic rings. The summed E-state index contributed by atoms with van der Waals surface area (Å²) in [5, 5.41) is 8.87. The van der Waals surface area contributed by atoms with Crippen LogP contribution < -0.4 is 0 Å². The molecule has 0 aromatic heterocycles. The Morgan fingerprint density at radius 2 is 2.09 bits per heavy atom. The molecule has 0 aromatic rings. The molecule has 3 nitrogen and oxygen atoms in total. The summed E-state index contributed by atoms with van der Waals surface area (Å²) >= 11 is 0. The first-order chi connectivity index (χ1) is 5.14. The van der Waals surface area contributed by atoms with Crippen molar-refractivity contribution in [2.75, 3.05) is 21.2 Å². The van der Waals surface area contributed by atoms with Gasteiger partial charge in [0.2, 0.25) is 0 Å². The summed E-state index contributed by atoms with van der Waals surface area (Å²) in [7, 11) is 5.58. The fourth-order valence-electron chi connectivity index (χ4n) is 1.42. The monoisotopic (exact) mass is 154 g/mol. The van der Waals surface area contributed by atoms with Crippen LogP contribution >= 0.6 is 0 Å². The first kappa shape index (κ1) is 8.51. The standard InChI is InChI=1S/C8H14N2O/c1-10(2)8(6-9)4-7(5-8)11-3/h7H,4-5H2,1-3H3. The lowest BCUT2D eigenvalue weighted by Crippen LogP contribution is -2.56. The van der Waals surface area contributed by atoms with E-state index in [2.05, 4.69) is 6.07 Å². The molecule has 3 heteroatoms. The molecular formula is C8H14N2O. The highest BCUT2D eigenvalue weighted by Gasteiger charge is 2.46. The van der Waals surface area contributed by atoms with Crippen LogP contribution in [0, 0.1) is 11.3 Å². The van der Waals surface area contributed by atoms with Crippen LogP contribution in [0.4, 0.5) is 0 Å². The second kappa shape index (κ2) is 2.80. The van der Waals surface area contributed by atoms with Crippen molar-refractivity contribution in [3.63, 3.8) is 0 Å². The zero-order chi connectivity index (χ0) is 8.48. The normalized spacial score (nSPS) is 36.5. The predicted molar refractivity (Wildman–Crippen MR) is 42.1 cm³/mol. The zero-order valence-electron chi connectivity index (χ0n) is 7.29. The Hall–Kier alpha value is -0.590. The van der Waals surface area contributed by atoms with Crippen LogP contribution in [0.2, 0.25) is 0 Å². The van der Waals surface area contributed by atoms with Crippen molar-refractivity contribution < 1.29 is 4.74 Å². The Morgan fingerprint density at radius 3 is 2.36 bits per heavy atom. The van der Waals surface area contributed by atoms with E-state index in [-0.39, 0.29) is 11.6 Å². The van der Waals surface area contributed by atoms with Crippen LogP contribution in [-0.2, 0) is 4.74 Å². The molecule has 11 heavy (non-hydrogen) atoms. The average molecular weight is 154 g/mol. The number of hydrogen-bond acceptors (Lipinski definition) is 3. The first-order valence-corrected chi connectivity index (χ1v) is 3.76. The minimum atomic E-state index is -0.249. The zero-order valence-corrected chi connectivity index (χ0v) is 7.29. The Labute approximate surface area is 67.6 Å². The highest BCUT2D eigenvalue weighted by Crippen LogP contribution is 2.37. The van der Waals surface area contributed by atoms with Crippen LogP contribution in [0.15, 0.2) is 0 Å². The lowest BCUT2D eigenvalue weighted by atomic mass is 9.74. The van der Waals surface area contributed by atoms with Crippen molar-refractivity contribution in [1.29, 1.82) is 5.26 Å². The van der Waals surface area contributed by atoms with Gasteiger partial charge in [-0.1, -0.05) is 0 Å². The van der Waals surface area contributed by atoms with Gasteiger partial charge in [-0.05, 0) is 14.1 Å². The molecule has 1 rings (SSSR count). The highest BCUT2D eigenvalue weighted by atomic mass is 16.5. The summed E-state index contributed by atoms with van der Waals surface area (Å²) in [5.41, 5.74) is -0.249. The molecule has 0 N–H and O–H groups in total. The van der Waals surface area contributed by atoms with Gasteiger partial charge in [-0.15, -0.1) is 0 Å². The first-order valence-electron chi connectivity index (χ1n) is 3.76. The molecule has 0 spiro atoms. The summed E-state index contributed by atoms with van der Waals surface area (Å²) in [6.45, 7) is 0. The molecule has 62 valence electrons. The van der Waals surface area contributed by atoms with Gasteiger partial charge >= 0.3 is 0 Å². The van der Waals surface area contributed by atoms with Gasteiger partial charge in [0.15, 0.2) is 0 Å². The second-order valence-electron chi connectivity index (χ2n) is 3.30. The van der Waals surface area contributed by atoms with Gasteiger partial charge < -0.3 is 4.74 Å². The van der Waals surface area contributed by atoms with Crippen LogP contribution in [0.5, 0.6) is 0 Å². The highest BCUT2D eigenvalue weighted by molar-refractivity contribution is 5.16. The van der Waals surface area contributed by atoms with Gasteiger partial charge in [0.1, 0.15) is 5.54 Å². The van der Waals surface area contributed by atoms with E-state index in [4.69, 9.17) is 10.00 Å². The maximum absolute atomic E-state index is 8.87. The minimum absolute atomic E-state index is 0.249. The molecule has 0 heterocycles. The maximum Gasteiger partial charge on any atom is 0.113 e. The van der Waals surface area contributed by atoms with E-state index in [0.29, 0.717) is 0 Å². The molecule has 0 atom stereocenters. The smallest absolute Gasteiger partial charge is 0.113 e. The number of nitriles is 1. The number of methoxy groups -OCH3 is 1. The number of nitrogens with zero attached hydrogens (tertiary/aromatic N) is 2. The quantitative estimate of drug-likeness (QED) is 0.585. The molecule has 0 aromatic carbocycles. The maximum atomic E-state index is 8.87. The Balaban J connectivity index is 2.52. The van der Waals surface area contributed by atoms with Crippen LogP contribution in [0.1, 0.15) is 12.8 Å². The van der Waals surface area contributed by atoms with Gasteiger partial charge in [-0.3, -0.25) is 4.90 Å². The number of ether oxygens (including phenoxy) is 1. The Morgan fingerprint density at radius 1 is 1.55 bits per heavy atom. The summed E-state index contributed by atoms with van der Waals surface area (Å²) in [6, 6.07) is 2.32. The lowest BCUT2D eigenvalue weighted by Gasteiger charge is -2.45. The van der Waals surface area contributed by atoms with E-state index in [9.17, 15) is 0 Å². The lowest BCUT2D eigenvalue weighted by molar-refractivity contribution is -0.0459. The second-order valence-corrected chi connectivity index (χ2v) is 3.30. The van der Waals surface area contributed by atoms with E-state index in [0.717, 1.165) is 12.8 Å². The molecule has 0 unspecified atom stereocenters. The van der Waals surface area contributed by atoms with E-state index in [1.807, 2.05) is 19.0 Å². The van der Waals surface area contributed by atoms with Crippen molar-refractivity contribution in [3.05, 3.63) is 0 Å². The summed E-state index contributed by atoms with van der Waals surface area (Å²) in [5.74, 6) is 0. The molecule has 1 aliphatic carbocycles. The number of hydrogen-bond donors (Lipinski definition) is 0. The molecule has 0 aliphatic heterocycles. The van der Waals surface area contributed by atoms with Crippen molar-refractivity contribution in [3.8, 4) is 6.07 Å². The third-order valence-corrected chi connectivity index (χ3v) is 2.53. The van der Waals surface area contributed by atoms with Gasteiger partial charge in [-0.25, -0.2) is 0 Å².